The number of ether oxygens (including phenoxy) is 1. The van der Waals surface area contributed by atoms with E-state index in [9.17, 15) is 0 Å². The molecule has 0 spiro atoms. The Morgan fingerprint density at radius 2 is 1.29 bits per heavy atom. The van der Waals surface area contributed by atoms with Crippen molar-refractivity contribution in [1.82, 2.24) is 4.57 Å². The molecule has 6 aromatic rings. The number of nitrogens with zero attached hydrogens (tertiary/aromatic N) is 2. The Hall–Kier alpha value is -3.57. The van der Waals surface area contributed by atoms with Crippen LogP contribution in [0.15, 0.2) is 109 Å². The molecule has 0 radical (unpaired) electrons. The minimum absolute atomic E-state index is 0. The second-order valence-corrected chi connectivity index (χ2v) is 10.5. The third kappa shape index (κ3) is 6.36. The van der Waals surface area contributed by atoms with Gasteiger partial charge in [0.15, 0.2) is 0 Å². The largest absolute Gasteiger partial charge is 1.00 e. The highest BCUT2D eigenvalue weighted by Crippen LogP contribution is 2.27. The molecule has 0 bridgehead atoms. The van der Waals surface area contributed by atoms with E-state index in [0.29, 0.717) is 30.0 Å². The maximum Gasteiger partial charge on any atom is 0.284 e. The summed E-state index contributed by atoms with van der Waals surface area (Å²) in [5, 5.41) is 5.86. The van der Waals surface area contributed by atoms with E-state index >= 15 is 0 Å². The molecule has 206 valence electrons. The van der Waals surface area contributed by atoms with Crippen molar-refractivity contribution in [2.75, 3.05) is 6.61 Å². The minimum Gasteiger partial charge on any atom is -1.00 e. The number of hydrogen-bond donors (Lipinski definition) is 0. The van der Waals surface area contributed by atoms with Gasteiger partial charge in [0.1, 0.15) is 18.8 Å². The molecule has 0 aliphatic heterocycles. The van der Waals surface area contributed by atoms with E-state index in [4.69, 9.17) is 27.9 Å². The summed E-state index contributed by atoms with van der Waals surface area (Å²) in [4.78, 5) is 0. The van der Waals surface area contributed by atoms with Gasteiger partial charge < -0.3 is 21.7 Å². The minimum atomic E-state index is 0. The molecule has 0 saturated carbocycles. The fourth-order valence-electron chi connectivity index (χ4n) is 5.10. The zero-order valence-corrected chi connectivity index (χ0v) is 25.7. The van der Waals surface area contributed by atoms with Gasteiger partial charge >= 0.3 is 0 Å². The van der Waals surface area contributed by atoms with E-state index in [1.807, 2.05) is 19.1 Å². The van der Waals surface area contributed by atoms with Crippen molar-refractivity contribution in [3.63, 3.8) is 0 Å². The van der Waals surface area contributed by atoms with Crippen molar-refractivity contribution in [2.24, 2.45) is 0 Å². The molecule has 5 aromatic carbocycles. The number of imidazole rings is 1. The zero-order chi connectivity index (χ0) is 27.5. The van der Waals surface area contributed by atoms with Crippen molar-refractivity contribution in [3.8, 4) is 5.75 Å². The van der Waals surface area contributed by atoms with Gasteiger partial charge in [-0.15, -0.1) is 0 Å². The monoisotopic (exact) mass is 642 g/mol. The molecule has 0 aliphatic carbocycles. The summed E-state index contributed by atoms with van der Waals surface area (Å²) in [6, 6.07) is 37.9. The number of halogens is 3. The number of aromatic nitrogens is 2. The summed E-state index contributed by atoms with van der Waals surface area (Å²) >= 11 is 13.9. The standard InChI is InChI=1S/C35H29Cl2N2O.BrH/c1-2-40-32-18-13-25(14-19-32)15-20-33-38(23-26-11-16-28-7-3-5-9-30(28)21-26)34(36)35(37)39(33)24-27-12-17-29-8-4-6-10-31(29)22-27;/h3-22H,2,23-24H2,1H3;1H/q+1;/p-1/b20-15+;. The third-order valence-electron chi connectivity index (χ3n) is 7.12. The van der Waals surface area contributed by atoms with E-state index < -0.39 is 0 Å². The lowest BCUT2D eigenvalue weighted by Gasteiger charge is -2.06. The van der Waals surface area contributed by atoms with Crippen LogP contribution in [0.4, 0.5) is 0 Å². The molecule has 0 fully saturated rings. The van der Waals surface area contributed by atoms with Crippen molar-refractivity contribution >= 4 is 56.9 Å². The van der Waals surface area contributed by atoms with Crippen molar-refractivity contribution in [1.29, 1.82) is 0 Å². The van der Waals surface area contributed by atoms with Crippen LogP contribution >= 0.6 is 23.2 Å². The smallest absolute Gasteiger partial charge is 0.284 e. The summed E-state index contributed by atoms with van der Waals surface area (Å²) in [5.41, 5.74) is 3.37. The predicted molar refractivity (Wildman–Crippen MR) is 167 cm³/mol. The van der Waals surface area contributed by atoms with Gasteiger partial charge in [-0.2, -0.15) is 0 Å². The maximum atomic E-state index is 6.95. The van der Waals surface area contributed by atoms with Gasteiger partial charge in [-0.05, 0) is 98.7 Å². The van der Waals surface area contributed by atoms with Crippen molar-refractivity contribution in [3.05, 3.63) is 142 Å². The fraction of sp³-hybridized carbons (Fsp3) is 0.114. The van der Waals surface area contributed by atoms with E-state index in [0.717, 1.165) is 28.3 Å². The van der Waals surface area contributed by atoms with Crippen LogP contribution in [0.5, 0.6) is 5.75 Å². The molecule has 0 atom stereocenters. The van der Waals surface area contributed by atoms with Crippen LogP contribution in [0.2, 0.25) is 10.3 Å². The Bertz CT molecular complexity index is 1740. The topological polar surface area (TPSA) is 18.0 Å². The van der Waals surface area contributed by atoms with Gasteiger partial charge in [-0.3, -0.25) is 0 Å². The Kier molecular flexibility index (Phi) is 9.14. The lowest BCUT2D eigenvalue weighted by molar-refractivity contribution is -0.687. The molecule has 0 amide bonds. The highest BCUT2D eigenvalue weighted by atomic mass is 79.9. The van der Waals surface area contributed by atoms with Crippen molar-refractivity contribution < 1.29 is 26.3 Å². The van der Waals surface area contributed by atoms with E-state index in [2.05, 4.69) is 118 Å². The molecule has 0 saturated heterocycles. The first-order valence-electron chi connectivity index (χ1n) is 13.4. The number of fused-ring (bicyclic) bond motifs is 2. The molecule has 6 rings (SSSR count). The number of benzene rings is 5. The Morgan fingerprint density at radius 1 is 0.707 bits per heavy atom. The van der Waals surface area contributed by atoms with Crippen LogP contribution < -0.4 is 26.3 Å². The summed E-state index contributed by atoms with van der Waals surface area (Å²) in [7, 11) is 0. The van der Waals surface area contributed by atoms with Crippen LogP contribution in [-0.4, -0.2) is 11.2 Å². The lowest BCUT2D eigenvalue weighted by Crippen LogP contribution is -3.00. The Labute approximate surface area is 261 Å². The third-order valence-corrected chi connectivity index (χ3v) is 7.99. The molecule has 6 heteroatoms. The van der Waals surface area contributed by atoms with Gasteiger partial charge in [-0.25, -0.2) is 9.13 Å². The summed E-state index contributed by atoms with van der Waals surface area (Å²) in [6.45, 7) is 3.82. The molecule has 0 N–H and O–H groups in total. The summed E-state index contributed by atoms with van der Waals surface area (Å²) in [6.07, 6.45) is 4.18. The molecule has 41 heavy (non-hydrogen) atoms. The summed E-state index contributed by atoms with van der Waals surface area (Å²) < 4.78 is 9.77. The van der Waals surface area contributed by atoms with Crippen LogP contribution in [0.3, 0.4) is 0 Å². The Morgan fingerprint density at radius 3 is 1.93 bits per heavy atom. The normalized spacial score (nSPS) is 11.3. The average molecular weight is 644 g/mol. The number of hydrogen-bond acceptors (Lipinski definition) is 1. The Balaban J connectivity index is 0.00000337. The number of rotatable bonds is 8. The maximum absolute atomic E-state index is 6.95. The van der Waals surface area contributed by atoms with Gasteiger partial charge in [0.25, 0.3) is 16.1 Å². The average Bonchev–Trinajstić information content (AvgIpc) is 3.20. The predicted octanol–water partition coefficient (Wildman–Crippen LogP) is 6.06. The second kappa shape index (κ2) is 12.9. The SMILES string of the molecule is CCOc1ccc(/C=C/c2n(Cc3ccc4ccccc4c3)c(Cl)c(Cl)[n+]2Cc2ccc3ccccc3c2)cc1.[Br-]. The van der Waals surface area contributed by atoms with Crippen LogP contribution in [0.25, 0.3) is 33.7 Å². The van der Waals surface area contributed by atoms with E-state index in [1.165, 1.54) is 21.5 Å². The summed E-state index contributed by atoms with van der Waals surface area (Å²) in [5.74, 6) is 1.78. The molecule has 3 nitrogen and oxygen atoms in total. The van der Waals surface area contributed by atoms with E-state index in [1.54, 1.807) is 0 Å². The van der Waals surface area contributed by atoms with E-state index in [-0.39, 0.29) is 17.0 Å². The molecule has 1 aromatic heterocycles. The first-order chi connectivity index (χ1) is 19.6. The highest BCUT2D eigenvalue weighted by Gasteiger charge is 2.27. The van der Waals surface area contributed by atoms with Crippen molar-refractivity contribution in [2.45, 2.75) is 20.0 Å². The van der Waals surface area contributed by atoms with Gasteiger partial charge in [0.05, 0.1) is 6.61 Å². The van der Waals surface area contributed by atoms with Gasteiger partial charge in [0.2, 0.25) is 0 Å². The zero-order valence-electron chi connectivity index (χ0n) is 22.6. The fourth-order valence-corrected chi connectivity index (χ4v) is 5.60. The van der Waals surface area contributed by atoms with Crippen LogP contribution in [-0.2, 0) is 13.1 Å². The second-order valence-electron chi connectivity index (χ2n) is 9.81. The molecule has 0 aliphatic rings. The highest BCUT2D eigenvalue weighted by molar-refractivity contribution is 6.40. The molecule has 1 heterocycles. The quantitative estimate of drug-likeness (QED) is 0.185. The van der Waals surface area contributed by atoms with Crippen LogP contribution in [0.1, 0.15) is 29.4 Å². The molecular formula is C35H29BrCl2N2O. The lowest BCUT2D eigenvalue weighted by atomic mass is 10.1. The molecular weight excluding hydrogens is 615 g/mol. The van der Waals surface area contributed by atoms with Crippen LogP contribution in [0, 0.1) is 0 Å². The first-order valence-corrected chi connectivity index (χ1v) is 14.2. The van der Waals surface area contributed by atoms with Gasteiger partial charge in [0, 0.05) is 6.08 Å². The van der Waals surface area contributed by atoms with Gasteiger partial charge in [-0.1, -0.05) is 84.9 Å². The first kappa shape index (κ1) is 28.9. The molecule has 0 unspecified atom stereocenters.